The molecule has 2 unspecified atom stereocenters. The number of anilines is 2. The van der Waals surface area contributed by atoms with E-state index in [1.165, 1.54) is 0 Å². The van der Waals surface area contributed by atoms with E-state index in [-0.39, 0.29) is 34.0 Å². The van der Waals surface area contributed by atoms with Crippen LogP contribution in [0, 0.1) is 5.82 Å². The Bertz CT molecular complexity index is 1910. The second-order valence-electron chi connectivity index (χ2n) is 10.1. The number of H-pyrrole nitrogens is 1. The number of aromatic amines is 1. The third kappa shape index (κ3) is 5.76. The zero-order valence-electron chi connectivity index (χ0n) is 22.9. The lowest BCUT2D eigenvalue weighted by atomic mass is 10.1. The van der Waals surface area contributed by atoms with Crippen molar-refractivity contribution < 1.29 is 61.7 Å². The van der Waals surface area contributed by atoms with E-state index in [1.54, 1.807) is 0 Å². The van der Waals surface area contributed by atoms with E-state index in [0.717, 1.165) is 28.0 Å². The molecular weight excluding hydrogens is 667 g/mol. The molecule has 4 aromatic heterocycles. The Morgan fingerprint density at radius 3 is 2.54 bits per heavy atom. The van der Waals surface area contributed by atoms with Gasteiger partial charge in [-0.2, -0.15) is 4.98 Å². The molecule has 2 fully saturated rings. The molecule has 10 atom stereocenters. The molecule has 2 aliphatic heterocycles. The zero-order valence-corrected chi connectivity index (χ0v) is 24.7. The molecule has 0 bridgehead atoms. The first kappa shape index (κ1) is 32.4. The number of aliphatic hydroxyl groups is 3. The standard InChI is InChI=1S/C21H24FN9O13P2/c22-6-1-30(16-9(6)15(23)25-4-26-16)19-12(34)13(43-45(36)37)8(42-19)3-40-46(38,39)44-14-11(33)7(2-32)41-20(14)31-5-27-10-17(31)28-21(24)29-18(10)35/h1,4-5,7-8,11-14,19-20,32-34H,2-3H2,(H6-,23,24,25,26,28,29,35,36,37,38,39)/p+1/t7-,8-,11-,12-,13-,14-,19-,20-/m1/s1. The van der Waals surface area contributed by atoms with Crippen LogP contribution in [0.25, 0.3) is 22.2 Å². The summed E-state index contributed by atoms with van der Waals surface area (Å²) in [4.78, 5) is 50.0. The number of ether oxygens (including phenoxy) is 2. The molecular formula is C21H25FN9O13P2+. The number of halogens is 1. The minimum absolute atomic E-state index is 0.108. The molecule has 248 valence electrons. The number of nitrogen functional groups attached to an aromatic ring is 2. The third-order valence-electron chi connectivity index (χ3n) is 7.26. The van der Waals surface area contributed by atoms with E-state index in [4.69, 9.17) is 34.5 Å². The highest BCUT2D eigenvalue weighted by molar-refractivity contribution is 7.47. The fourth-order valence-electron chi connectivity index (χ4n) is 5.26. The van der Waals surface area contributed by atoms with E-state index in [0.29, 0.717) is 0 Å². The molecule has 22 nitrogen and oxygen atoms in total. The number of imidazole rings is 1. The van der Waals surface area contributed by atoms with Gasteiger partial charge >= 0.3 is 16.1 Å². The SMILES string of the molecule is Nc1nc2c(ncn2[C@@H]2O[C@H](CO)[C@@H](O)[C@H]2OP(=O)(O)OC[C@H]2O[C@@H](n3cc(F)c4c(N)ncnc43)[C@H](O)[C@@H]2O[P+](=O)O)c(=O)[nH]1. The normalized spacial score (nSPS) is 29.9. The monoisotopic (exact) mass is 692 g/mol. The number of nitrogens with one attached hydrogen (secondary N) is 1. The number of phosphoric ester groups is 1. The van der Waals surface area contributed by atoms with Crippen molar-refractivity contribution in [3.8, 4) is 0 Å². The molecule has 2 aliphatic rings. The summed E-state index contributed by atoms with van der Waals surface area (Å²) < 4.78 is 68.0. The second-order valence-corrected chi connectivity index (χ2v) is 12.1. The van der Waals surface area contributed by atoms with Gasteiger partial charge in [-0.15, -0.1) is 9.42 Å². The second kappa shape index (κ2) is 12.2. The van der Waals surface area contributed by atoms with Crippen LogP contribution >= 0.6 is 16.1 Å². The number of aliphatic hydroxyl groups excluding tert-OH is 3. The summed E-state index contributed by atoms with van der Waals surface area (Å²) in [5.41, 5.74) is 10.2. The predicted molar refractivity (Wildman–Crippen MR) is 147 cm³/mol. The molecule has 0 saturated carbocycles. The first-order valence-electron chi connectivity index (χ1n) is 13.0. The highest BCUT2D eigenvalue weighted by Gasteiger charge is 2.53. The maximum Gasteiger partial charge on any atom is 0.695 e. The van der Waals surface area contributed by atoms with Gasteiger partial charge in [-0.1, -0.05) is 0 Å². The molecule has 6 rings (SSSR count). The Balaban J connectivity index is 1.23. The molecule has 0 spiro atoms. The van der Waals surface area contributed by atoms with Crippen molar-refractivity contribution in [2.24, 2.45) is 0 Å². The molecule has 0 radical (unpaired) electrons. The number of hydrogen-bond donors (Lipinski definition) is 8. The van der Waals surface area contributed by atoms with Gasteiger partial charge in [0.25, 0.3) is 5.56 Å². The van der Waals surface area contributed by atoms with Crippen LogP contribution in [0.15, 0.2) is 23.6 Å². The van der Waals surface area contributed by atoms with E-state index in [1.807, 2.05) is 0 Å². The predicted octanol–water partition coefficient (Wildman–Crippen LogP) is -2.09. The van der Waals surface area contributed by atoms with Crippen LogP contribution in [-0.2, 0) is 32.2 Å². The quantitative estimate of drug-likeness (QED) is 0.0826. The van der Waals surface area contributed by atoms with Crippen molar-refractivity contribution >= 4 is 50.0 Å². The molecule has 4 aromatic rings. The van der Waals surface area contributed by atoms with Crippen molar-refractivity contribution in [3.05, 3.63) is 35.0 Å². The van der Waals surface area contributed by atoms with Crippen LogP contribution in [0.1, 0.15) is 12.5 Å². The highest BCUT2D eigenvalue weighted by Crippen LogP contribution is 2.50. The average Bonchev–Trinajstić information content (AvgIpc) is 3.72. The maximum atomic E-state index is 14.7. The van der Waals surface area contributed by atoms with Gasteiger partial charge in [-0.3, -0.25) is 23.4 Å². The lowest BCUT2D eigenvalue weighted by Crippen LogP contribution is -2.36. The fourth-order valence-corrected chi connectivity index (χ4v) is 6.66. The van der Waals surface area contributed by atoms with E-state index < -0.39 is 89.7 Å². The van der Waals surface area contributed by atoms with Crippen molar-refractivity contribution in [3.63, 3.8) is 0 Å². The number of nitrogens with two attached hydrogens (primary N) is 2. The molecule has 25 heteroatoms. The van der Waals surface area contributed by atoms with E-state index in [2.05, 4.69) is 24.9 Å². The molecule has 46 heavy (non-hydrogen) atoms. The summed E-state index contributed by atoms with van der Waals surface area (Å²) in [6.45, 7) is -1.68. The maximum absolute atomic E-state index is 14.7. The number of fused-ring (bicyclic) bond motifs is 2. The lowest BCUT2D eigenvalue weighted by molar-refractivity contribution is -0.0608. The number of aromatic nitrogens is 7. The summed E-state index contributed by atoms with van der Waals surface area (Å²) in [6, 6.07) is 0. The number of hydrogen-bond acceptors (Lipinski definition) is 17. The minimum atomic E-state index is -5.23. The van der Waals surface area contributed by atoms with Crippen LogP contribution in [0.4, 0.5) is 16.2 Å². The fraction of sp³-hybridized carbons (Fsp3) is 0.476. The zero-order chi connectivity index (χ0) is 33.1. The first-order valence-corrected chi connectivity index (χ1v) is 15.7. The number of phosphoric acid groups is 1. The highest BCUT2D eigenvalue weighted by atomic mass is 31.2. The summed E-state index contributed by atoms with van der Waals surface area (Å²) in [6.07, 6.45) is -9.83. The molecule has 0 amide bonds. The molecule has 0 aliphatic carbocycles. The van der Waals surface area contributed by atoms with Crippen LogP contribution in [-0.4, -0.2) is 109 Å². The largest absolute Gasteiger partial charge is 0.695 e. The van der Waals surface area contributed by atoms with E-state index in [9.17, 15) is 43.4 Å². The van der Waals surface area contributed by atoms with Crippen LogP contribution in [0.5, 0.6) is 0 Å². The van der Waals surface area contributed by atoms with Gasteiger partial charge < -0.3 is 45.7 Å². The van der Waals surface area contributed by atoms with Gasteiger partial charge in [-0.05, 0) is 0 Å². The third-order valence-corrected chi connectivity index (χ3v) is 8.67. The molecule has 10 N–H and O–H groups in total. The summed E-state index contributed by atoms with van der Waals surface area (Å²) in [5, 5.41) is 31.2. The topological polar surface area (TPSA) is 328 Å². The summed E-state index contributed by atoms with van der Waals surface area (Å²) in [7, 11) is -8.58. The Morgan fingerprint density at radius 1 is 1.09 bits per heavy atom. The van der Waals surface area contributed by atoms with Gasteiger partial charge in [-0.25, -0.2) is 23.9 Å². The van der Waals surface area contributed by atoms with Gasteiger partial charge in [0.05, 0.1) is 24.9 Å². The van der Waals surface area contributed by atoms with Crippen LogP contribution in [0.2, 0.25) is 0 Å². The van der Waals surface area contributed by atoms with Gasteiger partial charge in [0.15, 0.2) is 41.2 Å². The van der Waals surface area contributed by atoms with Crippen LogP contribution < -0.4 is 17.0 Å². The van der Waals surface area contributed by atoms with Gasteiger partial charge in [0, 0.05) is 10.8 Å². The first-order chi connectivity index (χ1) is 21.8. The summed E-state index contributed by atoms with van der Waals surface area (Å²) in [5.74, 6) is -1.38. The van der Waals surface area contributed by atoms with Crippen molar-refractivity contribution in [1.29, 1.82) is 0 Å². The number of rotatable bonds is 10. The van der Waals surface area contributed by atoms with Crippen LogP contribution in [0.3, 0.4) is 0 Å². The Morgan fingerprint density at radius 2 is 1.83 bits per heavy atom. The van der Waals surface area contributed by atoms with Crippen molar-refractivity contribution in [1.82, 2.24) is 34.1 Å². The Kier molecular flexibility index (Phi) is 8.60. The van der Waals surface area contributed by atoms with Gasteiger partial charge in [0.2, 0.25) is 5.95 Å². The van der Waals surface area contributed by atoms with Gasteiger partial charge in [0.1, 0.15) is 42.7 Å². The molecule has 6 heterocycles. The minimum Gasteiger partial charge on any atom is -0.394 e. The Hall–Kier alpha value is -3.57. The average molecular weight is 692 g/mol. The van der Waals surface area contributed by atoms with Crippen molar-refractivity contribution in [2.75, 3.05) is 24.7 Å². The lowest BCUT2D eigenvalue weighted by Gasteiger charge is -2.24. The van der Waals surface area contributed by atoms with E-state index >= 15 is 0 Å². The molecule has 2 saturated heterocycles. The Labute approximate surface area is 254 Å². The summed E-state index contributed by atoms with van der Waals surface area (Å²) >= 11 is 0. The molecule has 0 aromatic carbocycles. The number of nitrogens with zero attached hydrogens (tertiary/aromatic N) is 6. The van der Waals surface area contributed by atoms with Crippen molar-refractivity contribution in [2.45, 2.75) is 49.1 Å². The smallest absolute Gasteiger partial charge is 0.394 e.